The van der Waals surface area contributed by atoms with Crippen molar-refractivity contribution in [2.24, 2.45) is 5.73 Å². The normalized spacial score (nSPS) is 10.1. The van der Waals surface area contributed by atoms with Crippen LogP contribution < -0.4 is 5.73 Å². The number of aryl methyl sites for hydroxylation is 2. The summed E-state index contributed by atoms with van der Waals surface area (Å²) in [5.41, 5.74) is 5.38. The number of imidazole rings is 1. The molecule has 1 aromatic heterocycles. The smallest absolute Gasteiger partial charge is 0.105 e. The highest BCUT2D eigenvalue weighted by Gasteiger charge is 1.96. The molecule has 12 heavy (non-hydrogen) atoms. The average molecular weight is 183 g/mol. The van der Waals surface area contributed by atoms with Gasteiger partial charge in [0.15, 0.2) is 0 Å². The van der Waals surface area contributed by atoms with Gasteiger partial charge in [-0.15, -0.1) is 0 Å². The van der Waals surface area contributed by atoms with Crippen molar-refractivity contribution in [3.63, 3.8) is 0 Å². The first-order chi connectivity index (χ1) is 5.70. The van der Waals surface area contributed by atoms with E-state index < -0.39 is 0 Å². The Morgan fingerprint density at radius 1 is 1.75 bits per heavy atom. The Kier molecular flexibility index (Phi) is 3.22. The largest absolute Gasteiger partial charge is 0.393 e. The van der Waals surface area contributed by atoms with Gasteiger partial charge in [0.25, 0.3) is 0 Å². The fourth-order valence-electron chi connectivity index (χ4n) is 1.06. The maximum Gasteiger partial charge on any atom is 0.105 e. The highest BCUT2D eigenvalue weighted by molar-refractivity contribution is 7.80. The highest BCUT2D eigenvalue weighted by Crippen LogP contribution is 1.99. The predicted molar refractivity (Wildman–Crippen MR) is 53.0 cm³/mol. The molecule has 0 aliphatic heterocycles. The Morgan fingerprint density at radius 3 is 3.00 bits per heavy atom. The Balaban J connectivity index is 2.33. The van der Waals surface area contributed by atoms with Gasteiger partial charge in [-0.1, -0.05) is 12.2 Å². The number of thiocarbonyl (C=S) groups is 1. The number of hydrogen-bond donors (Lipinski definition) is 1. The Morgan fingerprint density at radius 2 is 2.50 bits per heavy atom. The maximum absolute atomic E-state index is 5.38. The van der Waals surface area contributed by atoms with Crippen LogP contribution in [0.4, 0.5) is 0 Å². The molecule has 3 nitrogen and oxygen atoms in total. The van der Waals surface area contributed by atoms with Crippen molar-refractivity contribution in [1.82, 2.24) is 9.55 Å². The number of nitrogens with two attached hydrogens (primary N) is 1. The van der Waals surface area contributed by atoms with Crippen molar-refractivity contribution >= 4 is 17.2 Å². The van der Waals surface area contributed by atoms with Crippen LogP contribution in [0.1, 0.15) is 18.7 Å². The number of nitrogens with zero attached hydrogens (tertiary/aromatic N) is 2. The molecule has 0 unspecified atom stereocenters. The van der Waals surface area contributed by atoms with E-state index in [0.29, 0.717) is 4.99 Å². The fraction of sp³-hybridized carbons (Fsp3) is 0.500. The molecule has 2 N–H and O–H groups in total. The van der Waals surface area contributed by atoms with Crippen LogP contribution in [-0.2, 0) is 6.54 Å². The van der Waals surface area contributed by atoms with E-state index in [1.54, 1.807) is 6.20 Å². The zero-order valence-corrected chi connectivity index (χ0v) is 7.97. The zero-order valence-electron chi connectivity index (χ0n) is 7.16. The van der Waals surface area contributed by atoms with Crippen LogP contribution in [0.3, 0.4) is 0 Å². The van der Waals surface area contributed by atoms with Crippen LogP contribution >= 0.6 is 12.2 Å². The van der Waals surface area contributed by atoms with E-state index >= 15 is 0 Å². The monoisotopic (exact) mass is 183 g/mol. The summed E-state index contributed by atoms with van der Waals surface area (Å²) in [7, 11) is 0. The molecule has 1 aromatic rings. The van der Waals surface area contributed by atoms with Crippen LogP contribution in [0, 0.1) is 6.92 Å². The summed E-state index contributed by atoms with van der Waals surface area (Å²) in [6.07, 6.45) is 5.57. The summed E-state index contributed by atoms with van der Waals surface area (Å²) in [4.78, 5) is 4.70. The maximum atomic E-state index is 5.38. The topological polar surface area (TPSA) is 43.8 Å². The zero-order chi connectivity index (χ0) is 8.97. The molecule has 0 atom stereocenters. The molecule has 0 aliphatic rings. The van der Waals surface area contributed by atoms with Crippen molar-refractivity contribution in [1.29, 1.82) is 0 Å². The molecule has 0 bridgehead atoms. The molecule has 0 fully saturated rings. The first kappa shape index (κ1) is 9.19. The summed E-state index contributed by atoms with van der Waals surface area (Å²) < 4.78 is 2.10. The number of aromatic nitrogens is 2. The van der Waals surface area contributed by atoms with Crippen LogP contribution in [0.2, 0.25) is 0 Å². The molecule has 0 radical (unpaired) electrons. The van der Waals surface area contributed by atoms with E-state index in [4.69, 9.17) is 18.0 Å². The third-order valence-electron chi connectivity index (χ3n) is 1.75. The lowest BCUT2D eigenvalue weighted by atomic mass is 10.3. The summed E-state index contributed by atoms with van der Waals surface area (Å²) in [6.45, 7) is 2.93. The minimum absolute atomic E-state index is 0.591. The highest BCUT2D eigenvalue weighted by atomic mass is 32.1. The minimum atomic E-state index is 0.591. The van der Waals surface area contributed by atoms with Gasteiger partial charge in [-0.05, 0) is 19.8 Å². The van der Waals surface area contributed by atoms with Gasteiger partial charge in [0.1, 0.15) is 5.82 Å². The van der Waals surface area contributed by atoms with Gasteiger partial charge < -0.3 is 10.3 Å². The fourth-order valence-corrected chi connectivity index (χ4v) is 1.21. The van der Waals surface area contributed by atoms with Gasteiger partial charge in [-0.2, -0.15) is 0 Å². The van der Waals surface area contributed by atoms with E-state index in [0.717, 1.165) is 25.2 Å². The van der Waals surface area contributed by atoms with Gasteiger partial charge in [0, 0.05) is 18.9 Å². The third kappa shape index (κ3) is 2.62. The second-order valence-corrected chi connectivity index (χ2v) is 3.26. The summed E-state index contributed by atoms with van der Waals surface area (Å²) in [6, 6.07) is 0. The van der Waals surface area contributed by atoms with Gasteiger partial charge >= 0.3 is 0 Å². The molecule has 4 heteroatoms. The van der Waals surface area contributed by atoms with Crippen LogP contribution in [0.5, 0.6) is 0 Å². The molecule has 0 saturated carbocycles. The Labute approximate surface area is 77.6 Å². The van der Waals surface area contributed by atoms with E-state index in [2.05, 4.69) is 9.55 Å². The lowest BCUT2D eigenvalue weighted by molar-refractivity contribution is 0.641. The molecular formula is C8H13N3S. The SMILES string of the molecule is Cc1nccn1CCCC(N)=S. The molecule has 0 amide bonds. The van der Waals surface area contributed by atoms with Gasteiger partial charge in [-0.25, -0.2) is 4.98 Å². The van der Waals surface area contributed by atoms with Crippen LogP contribution in [0.15, 0.2) is 12.4 Å². The minimum Gasteiger partial charge on any atom is -0.393 e. The number of hydrogen-bond acceptors (Lipinski definition) is 2. The molecule has 1 rings (SSSR count). The van der Waals surface area contributed by atoms with E-state index in [1.807, 2.05) is 13.1 Å². The van der Waals surface area contributed by atoms with Gasteiger partial charge in [0.05, 0.1) is 4.99 Å². The molecule has 0 saturated heterocycles. The average Bonchev–Trinajstić information content (AvgIpc) is 2.36. The summed E-state index contributed by atoms with van der Waals surface area (Å²) in [5.74, 6) is 1.04. The molecule has 66 valence electrons. The lowest BCUT2D eigenvalue weighted by Crippen LogP contribution is -2.09. The van der Waals surface area contributed by atoms with E-state index in [-0.39, 0.29) is 0 Å². The standard InChI is InChI=1S/C8H13N3S/c1-7-10-4-6-11(7)5-2-3-8(9)12/h4,6H,2-3,5H2,1H3,(H2,9,12). The quantitative estimate of drug-likeness (QED) is 0.715. The lowest BCUT2D eigenvalue weighted by Gasteiger charge is -2.03. The second-order valence-electron chi connectivity index (χ2n) is 2.74. The third-order valence-corrected chi connectivity index (χ3v) is 1.95. The molecule has 0 spiro atoms. The van der Waals surface area contributed by atoms with Crippen molar-refractivity contribution in [2.45, 2.75) is 26.3 Å². The summed E-state index contributed by atoms with van der Waals surface area (Å²) >= 11 is 4.78. The Bertz CT molecular complexity index is 267. The van der Waals surface area contributed by atoms with E-state index in [9.17, 15) is 0 Å². The van der Waals surface area contributed by atoms with Gasteiger partial charge in [0.2, 0.25) is 0 Å². The Hall–Kier alpha value is -0.900. The van der Waals surface area contributed by atoms with Crippen LogP contribution in [0.25, 0.3) is 0 Å². The van der Waals surface area contributed by atoms with Crippen molar-refractivity contribution in [3.05, 3.63) is 18.2 Å². The molecule has 0 aliphatic carbocycles. The molecular weight excluding hydrogens is 170 g/mol. The first-order valence-corrected chi connectivity index (χ1v) is 4.37. The first-order valence-electron chi connectivity index (χ1n) is 3.96. The molecule has 0 aromatic carbocycles. The van der Waals surface area contributed by atoms with Crippen molar-refractivity contribution in [3.8, 4) is 0 Å². The predicted octanol–water partition coefficient (Wildman–Crippen LogP) is 1.26. The van der Waals surface area contributed by atoms with Crippen LogP contribution in [-0.4, -0.2) is 14.5 Å². The summed E-state index contributed by atoms with van der Waals surface area (Å²) in [5, 5.41) is 0. The second kappa shape index (κ2) is 4.21. The molecule has 1 heterocycles. The van der Waals surface area contributed by atoms with E-state index in [1.165, 1.54) is 0 Å². The number of rotatable bonds is 4. The van der Waals surface area contributed by atoms with Gasteiger partial charge in [-0.3, -0.25) is 0 Å². The van der Waals surface area contributed by atoms with Crippen molar-refractivity contribution in [2.75, 3.05) is 0 Å². The van der Waals surface area contributed by atoms with Crippen molar-refractivity contribution < 1.29 is 0 Å².